The molecule has 196 valence electrons. The smallest absolute Gasteiger partial charge is 0.194 e. The number of aromatic nitrogens is 3. The third kappa shape index (κ3) is 4.94. The van der Waals surface area contributed by atoms with E-state index in [9.17, 15) is 32.9 Å². The number of halogens is 4. The van der Waals surface area contributed by atoms with Crippen LogP contribution < -0.4 is 0 Å². The number of hydrogen-bond acceptors (Lipinski definition) is 8. The molecule has 6 atom stereocenters. The number of aliphatic hydroxyl groups excluding tert-OH is 3. The van der Waals surface area contributed by atoms with E-state index in [0.29, 0.717) is 17.7 Å². The summed E-state index contributed by atoms with van der Waals surface area (Å²) in [5.74, 6) is -4.82. The second kappa shape index (κ2) is 10.2. The van der Waals surface area contributed by atoms with Crippen LogP contribution in [-0.2, 0) is 9.57 Å². The zero-order chi connectivity index (χ0) is 26.3. The van der Waals surface area contributed by atoms with E-state index in [-0.39, 0.29) is 23.5 Å². The molecule has 0 radical (unpaired) electrons. The first kappa shape index (κ1) is 25.3. The van der Waals surface area contributed by atoms with Gasteiger partial charge in [-0.15, -0.1) is 5.10 Å². The minimum Gasteiger partial charge on any atom is -0.394 e. The first-order valence-electron chi connectivity index (χ1n) is 11.4. The average molecular weight is 522 g/mol. The lowest BCUT2D eigenvalue weighted by Gasteiger charge is -2.42. The van der Waals surface area contributed by atoms with Crippen LogP contribution >= 0.6 is 0 Å². The monoisotopic (exact) mass is 522 g/mol. The Morgan fingerprint density at radius 2 is 1.62 bits per heavy atom. The standard InChI is InChI=1S/C24H22F4N4O5/c25-13-3-1-11(2-4-13)17-7-14(37-30-17)8-19-23(34)22(24(35)20(10-33)36-19)32-9-18(29-31-32)12-5-15(26)21(28)16(27)6-12/h1-6,9,14,19-20,22-24,33-35H,7-8,10H2/t14?,19-,20-,22-,23+,24+/m1/s1. The van der Waals surface area contributed by atoms with Crippen molar-refractivity contribution in [3.05, 3.63) is 71.4 Å². The minimum atomic E-state index is -1.62. The number of benzene rings is 2. The van der Waals surface area contributed by atoms with Crippen molar-refractivity contribution in [1.82, 2.24) is 15.0 Å². The van der Waals surface area contributed by atoms with Gasteiger partial charge in [0.05, 0.1) is 24.6 Å². The van der Waals surface area contributed by atoms with Gasteiger partial charge in [-0.25, -0.2) is 22.2 Å². The first-order chi connectivity index (χ1) is 17.7. The lowest BCUT2D eigenvalue weighted by molar-refractivity contribution is -0.212. The maximum Gasteiger partial charge on any atom is 0.194 e. The van der Waals surface area contributed by atoms with E-state index in [4.69, 9.17) is 9.57 Å². The largest absolute Gasteiger partial charge is 0.394 e. The van der Waals surface area contributed by atoms with Crippen LogP contribution in [0.25, 0.3) is 11.3 Å². The summed E-state index contributed by atoms with van der Waals surface area (Å²) in [4.78, 5) is 5.47. The zero-order valence-electron chi connectivity index (χ0n) is 19.1. The second-order valence-electron chi connectivity index (χ2n) is 8.92. The molecule has 3 heterocycles. The third-order valence-electron chi connectivity index (χ3n) is 6.49. The van der Waals surface area contributed by atoms with Gasteiger partial charge in [-0.3, -0.25) is 0 Å². The van der Waals surface area contributed by atoms with Crippen molar-refractivity contribution in [1.29, 1.82) is 0 Å². The van der Waals surface area contributed by atoms with Crippen LogP contribution in [0.4, 0.5) is 17.6 Å². The molecular weight excluding hydrogens is 500 g/mol. The van der Waals surface area contributed by atoms with Crippen LogP contribution in [0.3, 0.4) is 0 Å². The van der Waals surface area contributed by atoms with Crippen LogP contribution in [0.2, 0.25) is 0 Å². The minimum absolute atomic E-state index is 0.0303. The van der Waals surface area contributed by atoms with Gasteiger partial charge in [-0.1, -0.05) is 22.5 Å². The summed E-state index contributed by atoms with van der Waals surface area (Å²) >= 11 is 0. The number of hydrogen-bond donors (Lipinski definition) is 3. The van der Waals surface area contributed by atoms with Crippen LogP contribution in [0, 0.1) is 23.3 Å². The highest BCUT2D eigenvalue weighted by Crippen LogP contribution is 2.34. The van der Waals surface area contributed by atoms with E-state index >= 15 is 0 Å². The molecule has 37 heavy (non-hydrogen) atoms. The molecular formula is C24H22F4N4O5. The Balaban J connectivity index is 1.33. The number of ether oxygens (including phenoxy) is 1. The van der Waals surface area contributed by atoms with Crippen LogP contribution in [0.1, 0.15) is 24.4 Å². The zero-order valence-corrected chi connectivity index (χ0v) is 19.1. The van der Waals surface area contributed by atoms with Gasteiger partial charge in [0.1, 0.15) is 42.0 Å². The molecule has 2 aliphatic heterocycles. The van der Waals surface area contributed by atoms with Crippen molar-refractivity contribution in [3.8, 4) is 11.3 Å². The van der Waals surface area contributed by atoms with Crippen molar-refractivity contribution in [3.63, 3.8) is 0 Å². The van der Waals surface area contributed by atoms with Crippen molar-refractivity contribution < 1.29 is 42.5 Å². The molecule has 0 saturated carbocycles. The van der Waals surface area contributed by atoms with Crippen molar-refractivity contribution in [2.45, 2.75) is 49.4 Å². The Bertz CT molecular complexity index is 1280. The molecule has 9 nitrogen and oxygen atoms in total. The highest BCUT2D eigenvalue weighted by molar-refractivity contribution is 6.01. The Labute approximate surface area is 207 Å². The van der Waals surface area contributed by atoms with Crippen LogP contribution in [0.5, 0.6) is 0 Å². The summed E-state index contributed by atoms with van der Waals surface area (Å²) in [6.07, 6.45) is -3.57. The second-order valence-corrected chi connectivity index (χ2v) is 8.92. The highest BCUT2D eigenvalue weighted by Gasteiger charge is 2.47. The molecule has 13 heteroatoms. The lowest BCUT2D eigenvalue weighted by atomic mass is 9.89. The molecule has 3 aromatic rings. The van der Waals surface area contributed by atoms with Gasteiger partial charge >= 0.3 is 0 Å². The summed E-state index contributed by atoms with van der Waals surface area (Å²) in [6.45, 7) is -0.570. The maximum atomic E-state index is 13.7. The quantitative estimate of drug-likeness (QED) is 0.335. The van der Waals surface area contributed by atoms with Gasteiger partial charge in [0, 0.05) is 18.4 Å². The Hall–Kier alpha value is -3.39. The molecule has 2 aliphatic rings. The maximum absolute atomic E-state index is 13.7. The molecule has 0 spiro atoms. The SMILES string of the molecule is OC[C@H]1O[C@H](CC2CC(c3ccc(F)cc3)=NO2)[C@H](O)[C@@H](n2cc(-c3cc(F)c(F)c(F)c3)nn2)[C@H]1O. The summed E-state index contributed by atoms with van der Waals surface area (Å²) < 4.78 is 60.7. The fourth-order valence-corrected chi connectivity index (χ4v) is 4.57. The molecule has 1 fully saturated rings. The van der Waals surface area contributed by atoms with Crippen molar-refractivity contribution >= 4 is 5.71 Å². The first-order valence-corrected chi connectivity index (χ1v) is 11.4. The van der Waals surface area contributed by atoms with E-state index in [0.717, 1.165) is 16.8 Å². The summed E-state index contributed by atoms with van der Waals surface area (Å²) in [6, 6.07) is 6.10. The fourth-order valence-electron chi connectivity index (χ4n) is 4.57. The van der Waals surface area contributed by atoms with E-state index in [1.54, 1.807) is 12.1 Å². The van der Waals surface area contributed by atoms with E-state index in [1.807, 2.05) is 0 Å². The van der Waals surface area contributed by atoms with Crippen LogP contribution in [0.15, 0.2) is 47.8 Å². The number of aliphatic hydroxyl groups is 3. The highest BCUT2D eigenvalue weighted by atomic mass is 19.2. The molecule has 0 amide bonds. The lowest BCUT2D eigenvalue weighted by Crippen LogP contribution is -2.56. The van der Waals surface area contributed by atoms with Gasteiger partial charge in [0.25, 0.3) is 0 Å². The number of oxime groups is 1. The summed E-state index contributed by atoms with van der Waals surface area (Å²) in [5, 5.41) is 43.4. The summed E-state index contributed by atoms with van der Waals surface area (Å²) in [7, 11) is 0. The van der Waals surface area contributed by atoms with E-state index in [2.05, 4.69) is 15.5 Å². The van der Waals surface area contributed by atoms with E-state index in [1.165, 1.54) is 18.3 Å². The molecule has 1 saturated heterocycles. The number of rotatable bonds is 6. The third-order valence-corrected chi connectivity index (χ3v) is 6.49. The molecule has 0 aliphatic carbocycles. The topological polar surface area (TPSA) is 122 Å². The van der Waals surface area contributed by atoms with Crippen LogP contribution in [-0.4, -0.2) is 73.2 Å². The normalized spacial score (nSPS) is 27.7. The van der Waals surface area contributed by atoms with E-state index < -0.39 is 60.6 Å². The fraction of sp³-hybridized carbons (Fsp3) is 0.375. The van der Waals surface area contributed by atoms with Gasteiger partial charge in [0.2, 0.25) is 0 Å². The van der Waals surface area contributed by atoms with Gasteiger partial charge in [-0.2, -0.15) is 0 Å². The predicted octanol–water partition coefficient (Wildman–Crippen LogP) is 2.11. The Morgan fingerprint density at radius 1 is 0.946 bits per heavy atom. The molecule has 0 bridgehead atoms. The molecule has 3 N–H and O–H groups in total. The summed E-state index contributed by atoms with van der Waals surface area (Å²) in [5.41, 5.74) is 1.14. The molecule has 1 aromatic heterocycles. The van der Waals surface area contributed by atoms with Gasteiger partial charge in [0.15, 0.2) is 17.5 Å². The average Bonchev–Trinajstić information content (AvgIpc) is 3.55. The van der Waals surface area contributed by atoms with Crippen molar-refractivity contribution in [2.24, 2.45) is 5.16 Å². The Morgan fingerprint density at radius 3 is 2.30 bits per heavy atom. The van der Waals surface area contributed by atoms with Gasteiger partial charge < -0.3 is 24.9 Å². The van der Waals surface area contributed by atoms with Crippen molar-refractivity contribution in [2.75, 3.05) is 6.61 Å². The predicted molar refractivity (Wildman–Crippen MR) is 119 cm³/mol. The number of nitrogens with zero attached hydrogens (tertiary/aromatic N) is 4. The Kier molecular flexibility index (Phi) is 6.94. The van der Waals surface area contributed by atoms with Gasteiger partial charge in [-0.05, 0) is 29.8 Å². The molecule has 1 unspecified atom stereocenters. The molecule has 2 aromatic carbocycles. The molecule has 5 rings (SSSR count).